The van der Waals surface area contributed by atoms with E-state index in [1.54, 1.807) is 13.2 Å². The van der Waals surface area contributed by atoms with Crippen LogP contribution in [0, 0.1) is 149 Å². The molecule has 10 aliphatic carbocycles. The molecule has 834 valence electrons. The molecule has 0 atom stereocenters. The highest BCUT2D eigenvalue weighted by molar-refractivity contribution is 7.92. The van der Waals surface area contributed by atoms with Gasteiger partial charge in [0.1, 0.15) is 33.6 Å². The lowest BCUT2D eigenvalue weighted by molar-refractivity contribution is 0.0474. The molecule has 0 aliphatic heterocycles. The minimum absolute atomic E-state index is 0.0204. The van der Waals surface area contributed by atoms with Crippen LogP contribution in [0.2, 0.25) is 0 Å². The molecular formula is C114H178N10O20S5. The van der Waals surface area contributed by atoms with E-state index in [0.717, 1.165) is 182 Å². The molecule has 0 saturated heterocycles. The molecule has 0 spiro atoms. The number of ether oxygens (including phenoxy) is 5. The zero-order valence-electron chi connectivity index (χ0n) is 93.4. The Morgan fingerprint density at radius 2 is 0.497 bits per heavy atom. The molecule has 10 fully saturated rings. The number of amides is 5. The molecule has 5 amide bonds. The van der Waals surface area contributed by atoms with Gasteiger partial charge in [-0.25, -0.2) is 62.0 Å². The molecule has 0 aromatic carbocycles. The Labute approximate surface area is 891 Å². The van der Waals surface area contributed by atoms with Crippen molar-refractivity contribution in [2.45, 2.75) is 323 Å². The van der Waals surface area contributed by atoms with Crippen LogP contribution in [-0.4, -0.2) is 221 Å². The molecule has 15 rings (SSSR count). The van der Waals surface area contributed by atoms with Crippen LogP contribution in [0.15, 0.2) is 30.3 Å². The number of hydrogen-bond acceptors (Lipinski definition) is 25. The molecule has 10 saturated carbocycles. The van der Waals surface area contributed by atoms with Crippen molar-refractivity contribution in [2.24, 2.45) is 86.3 Å². The lowest BCUT2D eigenvalue weighted by Crippen LogP contribution is -2.48. The van der Waals surface area contributed by atoms with Crippen molar-refractivity contribution in [3.63, 3.8) is 0 Å². The second-order valence-corrected chi connectivity index (χ2v) is 58.4. The fourth-order valence-corrected chi connectivity index (χ4v) is 33.8. The lowest BCUT2D eigenvalue weighted by Gasteiger charge is -2.48. The molecule has 0 unspecified atom stereocenters. The molecule has 5 aromatic rings. The van der Waals surface area contributed by atoms with Gasteiger partial charge in [-0.3, -0.25) is 29.0 Å². The quantitative estimate of drug-likeness (QED) is 0.0241. The third-order valence-corrected chi connectivity index (χ3v) is 41.7. The van der Waals surface area contributed by atoms with E-state index in [4.69, 9.17) is 23.7 Å². The summed E-state index contributed by atoms with van der Waals surface area (Å²) in [4.78, 5) is 87.2. The van der Waals surface area contributed by atoms with Gasteiger partial charge in [-0.05, 0) is 343 Å². The first-order valence-electron chi connectivity index (χ1n) is 55.5. The van der Waals surface area contributed by atoms with Gasteiger partial charge in [0, 0.05) is 96.0 Å². The average molecular weight is 2170 g/mol. The molecular weight excluding hydrogens is 1990 g/mol. The maximum Gasteiger partial charge on any atom is 0.257 e. The number of pyridine rings is 5. The van der Waals surface area contributed by atoms with Gasteiger partial charge in [0.15, 0.2) is 49.2 Å². The summed E-state index contributed by atoms with van der Waals surface area (Å²) in [5.41, 5.74) is 10.9. The van der Waals surface area contributed by atoms with Crippen LogP contribution in [0.5, 0.6) is 29.3 Å². The zero-order chi connectivity index (χ0) is 109. The average Bonchev–Trinajstić information content (AvgIpc) is 1.56. The first-order chi connectivity index (χ1) is 70.2. The van der Waals surface area contributed by atoms with Crippen molar-refractivity contribution in [3.05, 3.63) is 115 Å². The van der Waals surface area contributed by atoms with Crippen LogP contribution in [0.25, 0.3) is 0 Å². The summed E-state index contributed by atoms with van der Waals surface area (Å²) < 4.78 is 149. The van der Waals surface area contributed by atoms with Crippen molar-refractivity contribution in [1.29, 1.82) is 0 Å². The van der Waals surface area contributed by atoms with Crippen LogP contribution in [0.3, 0.4) is 0 Å². The van der Waals surface area contributed by atoms with Gasteiger partial charge < -0.3 is 50.3 Å². The Balaban J connectivity index is 0.000000177. The van der Waals surface area contributed by atoms with Gasteiger partial charge in [-0.15, -0.1) is 0 Å². The number of aryl methyl sites for hydroxylation is 9. The van der Waals surface area contributed by atoms with Gasteiger partial charge in [-0.1, -0.05) is 113 Å². The van der Waals surface area contributed by atoms with Gasteiger partial charge >= 0.3 is 0 Å². The predicted octanol–water partition coefficient (Wildman–Crippen LogP) is 18.9. The second-order valence-electron chi connectivity index (χ2n) is 47.3. The summed E-state index contributed by atoms with van der Waals surface area (Å²) >= 11 is 0. The van der Waals surface area contributed by atoms with Gasteiger partial charge in [0.2, 0.25) is 23.5 Å². The zero-order valence-corrected chi connectivity index (χ0v) is 97.5. The van der Waals surface area contributed by atoms with Crippen molar-refractivity contribution in [2.75, 3.05) is 125 Å². The normalized spacial score (nSPS) is 23.8. The van der Waals surface area contributed by atoms with Gasteiger partial charge in [-0.2, -0.15) is 0 Å². The third-order valence-electron chi connectivity index (χ3n) is 31.7. The molecule has 0 radical (unpaired) electrons. The summed E-state index contributed by atoms with van der Waals surface area (Å²) in [6, 6.07) is 9.37. The molecule has 10 aliphatic rings. The number of methoxy groups -OCH3 is 3. The highest BCUT2D eigenvalue weighted by Crippen LogP contribution is 2.59. The van der Waals surface area contributed by atoms with Crippen LogP contribution >= 0.6 is 0 Å². The first-order valence-corrected chi connectivity index (χ1v) is 64.6. The molecule has 149 heavy (non-hydrogen) atoms. The molecule has 5 aromatic heterocycles. The predicted molar refractivity (Wildman–Crippen MR) is 589 cm³/mol. The first kappa shape index (κ1) is 121. The summed E-state index contributed by atoms with van der Waals surface area (Å²) in [5.74, 6) is 8.94. The fourth-order valence-electron chi connectivity index (χ4n) is 25.1. The topological polar surface area (TPSA) is 427 Å². The van der Waals surface area contributed by atoms with E-state index in [-0.39, 0.29) is 150 Å². The maximum absolute atomic E-state index is 13.2. The number of carbonyl (C=O) groups is 5. The molecule has 35 heteroatoms. The van der Waals surface area contributed by atoms with Gasteiger partial charge in [0.25, 0.3) is 29.5 Å². The Kier molecular flexibility index (Phi) is 42.6. The minimum Gasteiger partial charge on any atom is -0.496 e. The number of nitrogens with one attached hydrogen (secondary N) is 5. The van der Waals surface area contributed by atoms with E-state index in [2.05, 4.69) is 51.5 Å². The highest BCUT2D eigenvalue weighted by Gasteiger charge is 2.54. The fraction of sp³-hybridized carbons (Fsp3) is 0.737. The number of rotatable bonds is 53. The van der Waals surface area contributed by atoms with E-state index in [0.29, 0.717) is 135 Å². The molecule has 5 N–H and O–H groups in total. The van der Waals surface area contributed by atoms with Crippen LogP contribution in [0.1, 0.15) is 369 Å². The lowest BCUT2D eigenvalue weighted by atomic mass is 9.60. The molecule has 5 heterocycles. The molecule has 0 bridgehead atoms. The number of sulfone groups is 5. The van der Waals surface area contributed by atoms with E-state index < -0.39 is 49.2 Å². The summed E-state index contributed by atoms with van der Waals surface area (Å²) in [5, 5.41) is 15.7. The van der Waals surface area contributed by atoms with Crippen LogP contribution < -0.4 is 50.3 Å². The van der Waals surface area contributed by atoms with E-state index in [9.17, 15) is 66.1 Å². The monoisotopic (exact) mass is 2170 g/mol. The largest absolute Gasteiger partial charge is 0.496 e. The maximum atomic E-state index is 13.2. The van der Waals surface area contributed by atoms with E-state index >= 15 is 0 Å². The number of hydrogen-bond donors (Lipinski definition) is 5. The Hall–Kier alpha value is -8.15. The Bertz CT molecular complexity index is 5750. The summed E-state index contributed by atoms with van der Waals surface area (Å²) in [6.45, 7) is 38.2. The van der Waals surface area contributed by atoms with Crippen molar-refractivity contribution in [3.8, 4) is 29.3 Å². The minimum atomic E-state index is -2.97. The van der Waals surface area contributed by atoms with Crippen molar-refractivity contribution in [1.82, 2.24) is 51.5 Å². The van der Waals surface area contributed by atoms with Crippen LogP contribution in [0.4, 0.5) is 0 Å². The number of nitrogens with zero attached hydrogens (tertiary/aromatic N) is 5. The number of aromatic nitrogens is 5. The Morgan fingerprint density at radius 3 is 0.685 bits per heavy atom. The van der Waals surface area contributed by atoms with E-state index in [1.165, 1.54) is 78.4 Å². The second kappa shape index (κ2) is 52.4. The van der Waals surface area contributed by atoms with Crippen molar-refractivity contribution >= 4 is 78.7 Å². The van der Waals surface area contributed by atoms with Gasteiger partial charge in [0.05, 0.1) is 69.0 Å². The molecule has 30 nitrogen and oxygen atoms in total. The number of carbonyl (C=O) groups excluding carboxylic acids is 5. The third kappa shape index (κ3) is 35.7. The standard InChI is InChI=1S/C24H38N2O4S.2C23H36N2O4S.2C22H34N2O4S/c1-6-9-31(28,29)14-19-12-24(13-19,11-18-7-8-18)15-25-23(27)21-20(30-5)10-17(4)26-22(21)16(2)3;2*1-5-9-30(27,28)14-19-12-23(13-19,11-18-7-8-18)15-24-21(26)20-16(3)10-17(4)25-22(20)29-6-2;2*1-5-8-29(26,27)13-18-11-22(12-18,10-17-6-7-17)14-23-20(25)19-15(2)9-16(3)24-21(19)28-4/h10,16,18-19H,6-9,11-15H2,1-5H3,(H,25,27);2*10,18-19H,5-9,11-15H2,1-4H3,(H,24,26);2*9,17-18H,5-8,10-14H2,1-4H3,(H,23,25). The van der Waals surface area contributed by atoms with E-state index in [1.807, 2.05) is 149 Å². The highest BCUT2D eigenvalue weighted by atomic mass is 32.2. The smallest absolute Gasteiger partial charge is 0.257 e. The SMILES string of the molecule is CCCS(=O)(=O)CC1CC(CNC(=O)c2c(C)cc(C)nc2OC)(CC2CC2)C1.CCCS(=O)(=O)CC1CC(CNC(=O)c2c(C)cc(C)nc2OC)(CC2CC2)C1.CCCS(=O)(=O)CC1CC(CNC(=O)c2c(C)cc(C)nc2OCC)(CC2CC2)C1.CCCS(=O)(=O)CC1CC(CNC(=O)c2c(C)cc(C)nc2OCC)(CC2CC2)C1.CCCS(=O)(=O)CC1CC(CNC(=O)c2c(OC)cc(C)nc2C(C)C)(CC2CC2)C1. The summed E-state index contributed by atoms with van der Waals surface area (Å²) in [7, 11) is -10.2. The van der Waals surface area contributed by atoms with Crippen molar-refractivity contribution < 1.29 is 89.7 Å². The van der Waals surface area contributed by atoms with Crippen LogP contribution in [-0.2, 0) is 49.2 Å². The summed E-state index contributed by atoms with van der Waals surface area (Å²) in [6.07, 6.45) is 30.1. The Morgan fingerprint density at radius 1 is 0.295 bits per heavy atom.